The number of carbonyl (C=O) groups is 1. The normalized spacial score (nSPS) is 12.4. The minimum Gasteiger partial charge on any atom is -0.468 e. The van der Waals surface area contributed by atoms with Crippen LogP contribution in [0.15, 0.2) is 47.1 Å². The van der Waals surface area contributed by atoms with Crippen molar-refractivity contribution in [3.63, 3.8) is 0 Å². The van der Waals surface area contributed by atoms with E-state index in [1.54, 1.807) is 30.5 Å². The molecule has 0 saturated carbocycles. The van der Waals surface area contributed by atoms with Crippen LogP contribution in [0, 0.1) is 0 Å². The molecule has 4 nitrogen and oxygen atoms in total. The minimum absolute atomic E-state index is 0.0682. The SMILES string of the molecule is C[C@@H](C(=O)Nc1ccc(Cl)cc1)N(C)Cc1ccco1. The molecule has 0 radical (unpaired) electrons. The number of carbonyl (C=O) groups excluding carboxylic acids is 1. The first-order valence-electron chi connectivity index (χ1n) is 6.35. The summed E-state index contributed by atoms with van der Waals surface area (Å²) in [5.41, 5.74) is 0.734. The fourth-order valence-electron chi connectivity index (χ4n) is 1.77. The van der Waals surface area contributed by atoms with E-state index in [-0.39, 0.29) is 11.9 Å². The molecule has 0 aliphatic rings. The molecule has 1 amide bonds. The average Bonchev–Trinajstić information content (AvgIpc) is 2.93. The number of nitrogens with zero attached hydrogens (tertiary/aromatic N) is 1. The molecule has 20 heavy (non-hydrogen) atoms. The van der Waals surface area contributed by atoms with Gasteiger partial charge < -0.3 is 9.73 Å². The Morgan fingerprint density at radius 2 is 2.05 bits per heavy atom. The zero-order chi connectivity index (χ0) is 14.5. The number of benzene rings is 1. The Kier molecular flexibility index (Phi) is 4.82. The Labute approximate surface area is 123 Å². The molecule has 0 aliphatic heterocycles. The van der Waals surface area contributed by atoms with Gasteiger partial charge in [-0.1, -0.05) is 11.6 Å². The second kappa shape index (κ2) is 6.59. The molecule has 0 unspecified atom stereocenters. The van der Waals surface area contributed by atoms with Crippen molar-refractivity contribution in [3.8, 4) is 0 Å². The quantitative estimate of drug-likeness (QED) is 0.919. The monoisotopic (exact) mass is 292 g/mol. The lowest BCUT2D eigenvalue weighted by Gasteiger charge is -2.22. The molecule has 0 bridgehead atoms. The van der Waals surface area contributed by atoms with E-state index in [4.69, 9.17) is 16.0 Å². The van der Waals surface area contributed by atoms with Crippen molar-refractivity contribution in [1.82, 2.24) is 4.90 Å². The molecule has 2 rings (SSSR count). The maximum atomic E-state index is 12.2. The van der Waals surface area contributed by atoms with Gasteiger partial charge in [-0.3, -0.25) is 9.69 Å². The molecule has 1 heterocycles. The number of anilines is 1. The Morgan fingerprint density at radius 3 is 2.65 bits per heavy atom. The van der Waals surface area contributed by atoms with E-state index in [9.17, 15) is 4.79 Å². The van der Waals surface area contributed by atoms with E-state index in [2.05, 4.69) is 5.32 Å². The summed E-state index contributed by atoms with van der Waals surface area (Å²) in [7, 11) is 1.88. The number of nitrogens with one attached hydrogen (secondary N) is 1. The van der Waals surface area contributed by atoms with Crippen molar-refractivity contribution in [2.24, 2.45) is 0 Å². The zero-order valence-corrected chi connectivity index (χ0v) is 12.2. The first kappa shape index (κ1) is 14.6. The summed E-state index contributed by atoms with van der Waals surface area (Å²) < 4.78 is 5.28. The molecule has 0 spiro atoms. The first-order chi connectivity index (χ1) is 9.56. The van der Waals surface area contributed by atoms with Crippen molar-refractivity contribution in [2.75, 3.05) is 12.4 Å². The summed E-state index contributed by atoms with van der Waals surface area (Å²) in [5.74, 6) is 0.764. The highest BCUT2D eigenvalue weighted by molar-refractivity contribution is 6.30. The van der Waals surface area contributed by atoms with E-state index in [0.29, 0.717) is 11.6 Å². The smallest absolute Gasteiger partial charge is 0.241 e. The third-order valence-corrected chi connectivity index (χ3v) is 3.39. The van der Waals surface area contributed by atoms with Gasteiger partial charge in [-0.05, 0) is 50.4 Å². The maximum absolute atomic E-state index is 12.2. The molecule has 1 N–H and O–H groups in total. The van der Waals surface area contributed by atoms with Gasteiger partial charge in [0.2, 0.25) is 5.91 Å². The number of likely N-dealkylation sites (N-methyl/N-ethyl adjacent to an activating group) is 1. The number of hydrogen-bond donors (Lipinski definition) is 1. The summed E-state index contributed by atoms with van der Waals surface area (Å²) in [6, 6.07) is 10.5. The van der Waals surface area contributed by atoms with Crippen LogP contribution in [0.4, 0.5) is 5.69 Å². The maximum Gasteiger partial charge on any atom is 0.241 e. The molecule has 106 valence electrons. The van der Waals surface area contributed by atoms with Crippen LogP contribution >= 0.6 is 11.6 Å². The zero-order valence-electron chi connectivity index (χ0n) is 11.5. The van der Waals surface area contributed by atoms with Crippen LogP contribution in [0.2, 0.25) is 5.02 Å². The third kappa shape index (κ3) is 3.85. The largest absolute Gasteiger partial charge is 0.468 e. The lowest BCUT2D eigenvalue weighted by atomic mass is 10.2. The van der Waals surface area contributed by atoms with E-state index in [0.717, 1.165) is 11.4 Å². The van der Waals surface area contributed by atoms with Crippen LogP contribution in [0.5, 0.6) is 0 Å². The standard InChI is InChI=1S/C15H17ClN2O2/c1-11(18(2)10-14-4-3-9-20-14)15(19)17-13-7-5-12(16)6-8-13/h3-9,11H,10H2,1-2H3,(H,17,19)/t11-/m0/s1. The predicted octanol–water partition coefficient (Wildman–Crippen LogP) is 3.39. The topological polar surface area (TPSA) is 45.5 Å². The average molecular weight is 293 g/mol. The van der Waals surface area contributed by atoms with Crippen LogP contribution in [-0.2, 0) is 11.3 Å². The van der Waals surface area contributed by atoms with Crippen LogP contribution in [0.1, 0.15) is 12.7 Å². The highest BCUT2D eigenvalue weighted by Crippen LogP contribution is 2.14. The second-order valence-electron chi connectivity index (χ2n) is 4.67. The van der Waals surface area contributed by atoms with Gasteiger partial charge in [-0.25, -0.2) is 0 Å². The van der Waals surface area contributed by atoms with Crippen molar-refractivity contribution >= 4 is 23.2 Å². The molecule has 1 aromatic carbocycles. The molecule has 1 aromatic heterocycles. The van der Waals surface area contributed by atoms with Gasteiger partial charge in [0, 0.05) is 10.7 Å². The molecular weight excluding hydrogens is 276 g/mol. The van der Waals surface area contributed by atoms with E-state index >= 15 is 0 Å². The van der Waals surface area contributed by atoms with Gasteiger partial charge in [0.05, 0.1) is 18.8 Å². The highest BCUT2D eigenvalue weighted by Gasteiger charge is 2.18. The summed E-state index contributed by atoms with van der Waals surface area (Å²) >= 11 is 5.81. The van der Waals surface area contributed by atoms with E-state index in [1.807, 2.05) is 31.0 Å². The number of furan rings is 1. The van der Waals surface area contributed by atoms with Gasteiger partial charge in [0.15, 0.2) is 0 Å². The van der Waals surface area contributed by atoms with Gasteiger partial charge in [-0.2, -0.15) is 0 Å². The van der Waals surface area contributed by atoms with E-state index in [1.165, 1.54) is 0 Å². The molecule has 0 saturated heterocycles. The van der Waals surface area contributed by atoms with Crippen LogP contribution < -0.4 is 5.32 Å². The number of rotatable bonds is 5. The van der Waals surface area contributed by atoms with Gasteiger partial charge >= 0.3 is 0 Å². The third-order valence-electron chi connectivity index (χ3n) is 3.14. The van der Waals surface area contributed by atoms with Crippen molar-refractivity contribution in [1.29, 1.82) is 0 Å². The minimum atomic E-state index is -0.268. The summed E-state index contributed by atoms with van der Waals surface area (Å²) in [6.45, 7) is 2.44. The highest BCUT2D eigenvalue weighted by atomic mass is 35.5. The number of hydrogen-bond acceptors (Lipinski definition) is 3. The fourth-order valence-corrected chi connectivity index (χ4v) is 1.89. The number of amides is 1. The molecular formula is C15H17ClN2O2. The van der Waals surface area contributed by atoms with Crippen LogP contribution in [0.25, 0.3) is 0 Å². The lowest BCUT2D eigenvalue weighted by molar-refractivity contribution is -0.120. The second-order valence-corrected chi connectivity index (χ2v) is 5.10. The molecule has 5 heteroatoms. The Balaban J connectivity index is 1.92. The van der Waals surface area contributed by atoms with Crippen LogP contribution in [0.3, 0.4) is 0 Å². The number of halogens is 1. The van der Waals surface area contributed by atoms with E-state index < -0.39 is 0 Å². The Morgan fingerprint density at radius 1 is 1.35 bits per heavy atom. The summed E-state index contributed by atoms with van der Waals surface area (Å²) in [4.78, 5) is 14.1. The fraction of sp³-hybridized carbons (Fsp3) is 0.267. The van der Waals surface area contributed by atoms with Crippen molar-refractivity contribution in [2.45, 2.75) is 19.5 Å². The Hall–Kier alpha value is -1.78. The Bertz CT molecular complexity index is 552. The summed E-state index contributed by atoms with van der Waals surface area (Å²) in [5, 5.41) is 3.50. The molecule has 0 fully saturated rings. The molecule has 1 atom stereocenters. The van der Waals surface area contributed by atoms with Gasteiger partial charge in [0.1, 0.15) is 5.76 Å². The van der Waals surface area contributed by atoms with Gasteiger partial charge in [-0.15, -0.1) is 0 Å². The summed E-state index contributed by atoms with van der Waals surface area (Å²) in [6.07, 6.45) is 1.63. The first-order valence-corrected chi connectivity index (χ1v) is 6.73. The molecule has 2 aromatic rings. The predicted molar refractivity (Wildman–Crippen MR) is 79.7 cm³/mol. The van der Waals surface area contributed by atoms with Gasteiger partial charge in [0.25, 0.3) is 0 Å². The molecule has 0 aliphatic carbocycles. The van der Waals surface area contributed by atoms with Crippen molar-refractivity contribution in [3.05, 3.63) is 53.4 Å². The lowest BCUT2D eigenvalue weighted by Crippen LogP contribution is -2.39. The van der Waals surface area contributed by atoms with Crippen molar-refractivity contribution < 1.29 is 9.21 Å². The van der Waals surface area contributed by atoms with Crippen LogP contribution in [-0.4, -0.2) is 23.9 Å².